The molecule has 18 heavy (non-hydrogen) atoms. The van der Waals surface area contributed by atoms with Gasteiger partial charge in [0.25, 0.3) is 10.0 Å². The van der Waals surface area contributed by atoms with Gasteiger partial charge in [0.2, 0.25) is 0 Å². The molecule has 0 aliphatic rings. The highest BCUT2D eigenvalue weighted by atomic mass is 32.2. The van der Waals surface area contributed by atoms with Gasteiger partial charge < -0.3 is 5.73 Å². The van der Waals surface area contributed by atoms with Gasteiger partial charge in [-0.05, 0) is 13.0 Å². The van der Waals surface area contributed by atoms with Gasteiger partial charge in [-0.1, -0.05) is 0 Å². The van der Waals surface area contributed by atoms with Crippen LogP contribution in [0.25, 0.3) is 0 Å². The first kappa shape index (κ1) is 12.4. The number of anilines is 2. The molecule has 2 rings (SSSR count). The summed E-state index contributed by atoms with van der Waals surface area (Å²) in [5.74, 6) is 0.371. The Balaban J connectivity index is 2.39. The number of hydrogen-bond donors (Lipinski definition) is 2. The summed E-state index contributed by atoms with van der Waals surface area (Å²) in [4.78, 5) is 3.71. The quantitative estimate of drug-likeness (QED) is 0.843. The summed E-state index contributed by atoms with van der Waals surface area (Å²) in [6.07, 6.45) is 2.64. The molecule has 0 saturated heterocycles. The number of nitrogens with zero attached hydrogens (tertiary/aromatic N) is 3. The van der Waals surface area contributed by atoms with Crippen molar-refractivity contribution >= 4 is 21.5 Å². The van der Waals surface area contributed by atoms with Crippen LogP contribution < -0.4 is 10.5 Å². The van der Waals surface area contributed by atoms with Gasteiger partial charge >= 0.3 is 0 Å². The molecule has 2 heterocycles. The summed E-state index contributed by atoms with van der Waals surface area (Å²) < 4.78 is 28.1. The van der Waals surface area contributed by atoms with Crippen molar-refractivity contribution in [2.45, 2.75) is 11.8 Å². The standard InChI is InChI=1S/C10H13N5O2S/c1-7-5-10(15(2)13-7)14-18(16,17)9-6-12-4-3-8(9)11/h3-6,14H,1-2H3,(H2,11,12). The fraction of sp³-hybridized carbons (Fsp3) is 0.200. The molecule has 0 aliphatic carbocycles. The molecule has 0 amide bonds. The summed E-state index contributed by atoms with van der Waals surface area (Å²) >= 11 is 0. The molecule has 0 aromatic carbocycles. The Hall–Kier alpha value is -2.09. The highest BCUT2D eigenvalue weighted by Crippen LogP contribution is 2.20. The second-order valence-corrected chi connectivity index (χ2v) is 5.46. The Morgan fingerprint density at radius 3 is 2.72 bits per heavy atom. The van der Waals surface area contributed by atoms with Gasteiger partial charge in [-0.3, -0.25) is 14.4 Å². The maximum atomic E-state index is 12.1. The largest absolute Gasteiger partial charge is 0.398 e. The van der Waals surface area contributed by atoms with Crippen molar-refractivity contribution in [1.29, 1.82) is 0 Å². The lowest BCUT2D eigenvalue weighted by atomic mass is 10.4. The number of sulfonamides is 1. The molecule has 2 aromatic heterocycles. The fourth-order valence-electron chi connectivity index (χ4n) is 1.51. The highest BCUT2D eigenvalue weighted by molar-refractivity contribution is 7.92. The van der Waals surface area contributed by atoms with Crippen molar-refractivity contribution in [3.8, 4) is 0 Å². The van der Waals surface area contributed by atoms with E-state index in [1.807, 2.05) is 0 Å². The molecule has 0 spiro atoms. The predicted octanol–water partition coefficient (Wildman–Crippen LogP) is 0.507. The van der Waals surface area contributed by atoms with E-state index in [2.05, 4.69) is 14.8 Å². The SMILES string of the molecule is Cc1cc(NS(=O)(=O)c2cnccc2N)n(C)n1. The normalized spacial score (nSPS) is 11.4. The van der Waals surface area contributed by atoms with Crippen LogP contribution in [0.5, 0.6) is 0 Å². The van der Waals surface area contributed by atoms with Gasteiger partial charge in [0, 0.05) is 25.5 Å². The molecule has 0 radical (unpaired) electrons. The van der Waals surface area contributed by atoms with Crippen molar-refractivity contribution in [2.24, 2.45) is 7.05 Å². The van der Waals surface area contributed by atoms with Crippen LogP contribution in [0.4, 0.5) is 11.5 Å². The number of pyridine rings is 1. The molecule has 0 saturated carbocycles. The number of nitrogen functional groups attached to an aromatic ring is 1. The second kappa shape index (κ2) is 4.30. The van der Waals surface area contributed by atoms with E-state index in [-0.39, 0.29) is 10.6 Å². The van der Waals surface area contributed by atoms with E-state index in [1.165, 1.54) is 23.1 Å². The fourth-order valence-corrected chi connectivity index (χ4v) is 2.67. The van der Waals surface area contributed by atoms with Gasteiger partial charge in [-0.25, -0.2) is 8.42 Å². The Morgan fingerprint density at radius 1 is 1.44 bits per heavy atom. The van der Waals surface area contributed by atoms with E-state index >= 15 is 0 Å². The molecule has 0 unspecified atom stereocenters. The molecule has 2 aromatic rings. The van der Waals surface area contributed by atoms with Gasteiger partial charge in [0.15, 0.2) is 0 Å². The monoisotopic (exact) mass is 267 g/mol. The van der Waals surface area contributed by atoms with Gasteiger partial charge in [0.05, 0.1) is 11.4 Å². The van der Waals surface area contributed by atoms with E-state index in [0.717, 1.165) is 0 Å². The minimum Gasteiger partial charge on any atom is -0.398 e. The van der Waals surface area contributed by atoms with Gasteiger partial charge in [-0.2, -0.15) is 5.10 Å². The Bertz CT molecular complexity index is 677. The van der Waals surface area contributed by atoms with Crippen LogP contribution in [0, 0.1) is 6.92 Å². The van der Waals surface area contributed by atoms with Crippen molar-refractivity contribution in [3.63, 3.8) is 0 Å². The maximum absolute atomic E-state index is 12.1. The van der Waals surface area contributed by atoms with E-state index < -0.39 is 10.0 Å². The molecule has 96 valence electrons. The van der Waals surface area contributed by atoms with Gasteiger partial charge in [-0.15, -0.1) is 0 Å². The zero-order valence-corrected chi connectivity index (χ0v) is 10.8. The summed E-state index contributed by atoms with van der Waals surface area (Å²) in [6, 6.07) is 3.06. The third-order valence-electron chi connectivity index (χ3n) is 2.35. The van der Waals surface area contributed by atoms with Crippen LogP contribution >= 0.6 is 0 Å². The van der Waals surface area contributed by atoms with Crippen LogP contribution in [0.1, 0.15) is 5.69 Å². The first-order chi connectivity index (χ1) is 8.40. The third-order valence-corrected chi connectivity index (χ3v) is 3.74. The van der Waals surface area contributed by atoms with Crippen molar-refractivity contribution < 1.29 is 8.42 Å². The van der Waals surface area contributed by atoms with Crippen molar-refractivity contribution in [2.75, 3.05) is 10.5 Å². The number of nitrogens with one attached hydrogen (secondary N) is 1. The van der Waals surface area contributed by atoms with Crippen LogP contribution in [0.3, 0.4) is 0 Å². The van der Waals surface area contributed by atoms with Crippen molar-refractivity contribution in [1.82, 2.24) is 14.8 Å². The highest BCUT2D eigenvalue weighted by Gasteiger charge is 2.19. The lowest BCUT2D eigenvalue weighted by molar-refractivity contribution is 0.600. The average Bonchev–Trinajstić information content (AvgIpc) is 2.57. The minimum absolute atomic E-state index is 0.0520. The topological polar surface area (TPSA) is 103 Å². The third kappa shape index (κ3) is 2.28. The molecule has 0 aliphatic heterocycles. The van der Waals surface area contributed by atoms with Crippen LogP contribution in [-0.4, -0.2) is 23.2 Å². The van der Waals surface area contributed by atoms with E-state index in [9.17, 15) is 8.42 Å². The average molecular weight is 267 g/mol. The molecule has 3 N–H and O–H groups in total. The molecule has 0 atom stereocenters. The molecule has 7 nitrogen and oxygen atoms in total. The lowest BCUT2D eigenvalue weighted by Gasteiger charge is -2.09. The number of aromatic nitrogens is 3. The zero-order valence-electron chi connectivity index (χ0n) is 9.95. The van der Waals surface area contributed by atoms with E-state index in [1.54, 1.807) is 20.0 Å². The molecular formula is C10H13N5O2S. The predicted molar refractivity (Wildman–Crippen MR) is 67.4 cm³/mol. The number of hydrogen-bond acceptors (Lipinski definition) is 5. The van der Waals surface area contributed by atoms with Crippen molar-refractivity contribution in [3.05, 3.63) is 30.2 Å². The second-order valence-electron chi connectivity index (χ2n) is 3.81. The first-order valence-electron chi connectivity index (χ1n) is 5.13. The first-order valence-corrected chi connectivity index (χ1v) is 6.61. The van der Waals surface area contributed by atoms with Crippen LogP contribution in [0.15, 0.2) is 29.4 Å². The summed E-state index contributed by atoms with van der Waals surface area (Å²) in [7, 11) is -2.10. The van der Waals surface area contributed by atoms with Crippen LogP contribution in [-0.2, 0) is 17.1 Å². The number of rotatable bonds is 3. The Kier molecular flexibility index (Phi) is 2.95. The molecule has 0 fully saturated rings. The lowest BCUT2D eigenvalue weighted by Crippen LogP contribution is -2.17. The number of aryl methyl sites for hydroxylation is 2. The molecular weight excluding hydrogens is 254 g/mol. The summed E-state index contributed by atoms with van der Waals surface area (Å²) in [5, 5.41) is 4.05. The Morgan fingerprint density at radius 2 is 2.17 bits per heavy atom. The molecule has 8 heteroatoms. The van der Waals surface area contributed by atoms with E-state index in [4.69, 9.17) is 5.73 Å². The smallest absolute Gasteiger partial charge is 0.266 e. The summed E-state index contributed by atoms with van der Waals surface area (Å²) in [5.41, 5.74) is 6.49. The Labute approximate surface area is 105 Å². The summed E-state index contributed by atoms with van der Waals surface area (Å²) in [6.45, 7) is 1.77. The zero-order chi connectivity index (χ0) is 13.3. The van der Waals surface area contributed by atoms with Crippen LogP contribution in [0.2, 0.25) is 0 Å². The molecule has 0 bridgehead atoms. The van der Waals surface area contributed by atoms with Gasteiger partial charge in [0.1, 0.15) is 10.7 Å². The number of nitrogens with two attached hydrogens (primary N) is 1. The minimum atomic E-state index is -3.75. The maximum Gasteiger partial charge on any atom is 0.266 e. The van der Waals surface area contributed by atoms with E-state index in [0.29, 0.717) is 11.5 Å².